The first-order valence-corrected chi connectivity index (χ1v) is 14.3. The van der Waals surface area contributed by atoms with Crippen LogP contribution in [0, 0.1) is 13.8 Å². The molecule has 1 aliphatic rings. The van der Waals surface area contributed by atoms with Crippen LogP contribution in [0.4, 0.5) is 0 Å². The topological polar surface area (TPSA) is 145 Å². The van der Waals surface area contributed by atoms with Gasteiger partial charge in [0.25, 0.3) is 0 Å². The summed E-state index contributed by atoms with van der Waals surface area (Å²) in [6.45, 7) is 18.9. The van der Waals surface area contributed by atoms with Gasteiger partial charge >= 0.3 is 16.8 Å². The summed E-state index contributed by atoms with van der Waals surface area (Å²) in [7, 11) is 0. The van der Waals surface area contributed by atoms with E-state index in [1.807, 2.05) is 26.3 Å². The van der Waals surface area contributed by atoms with Crippen molar-refractivity contribution in [3.63, 3.8) is 0 Å². The van der Waals surface area contributed by atoms with Crippen molar-refractivity contribution in [2.45, 2.75) is 118 Å². The van der Waals surface area contributed by atoms with Crippen LogP contribution in [-0.4, -0.2) is 46.7 Å². The molecule has 2 aromatic carbocycles. The van der Waals surface area contributed by atoms with E-state index in [4.69, 9.17) is 29.8 Å². The Morgan fingerprint density at radius 1 is 0.744 bits per heavy atom. The van der Waals surface area contributed by atoms with Crippen LogP contribution in [0.1, 0.15) is 114 Å². The molecule has 8 nitrogen and oxygen atoms in total. The minimum atomic E-state index is -1.08. The second kappa shape index (κ2) is 17.2. The van der Waals surface area contributed by atoms with Crippen molar-refractivity contribution in [2.24, 2.45) is 9.98 Å². The van der Waals surface area contributed by atoms with Crippen molar-refractivity contribution in [3.8, 4) is 11.5 Å². The second-order valence-electron chi connectivity index (χ2n) is 13.0. The number of carbonyl (C=O) groups is 2. The van der Waals surface area contributed by atoms with Gasteiger partial charge in [-0.1, -0.05) is 53.7 Å². The van der Waals surface area contributed by atoms with Crippen LogP contribution < -0.4 is 10.2 Å². The minimum Gasteiger partial charge on any atom is -0.550 e. The fourth-order valence-corrected chi connectivity index (χ4v) is 4.46. The maximum atomic E-state index is 10.6. The number of aliphatic imine (C=N–C) groups is 2. The first-order chi connectivity index (χ1) is 19.2. The van der Waals surface area contributed by atoms with Crippen molar-refractivity contribution >= 4 is 24.4 Å². The van der Waals surface area contributed by atoms with Gasteiger partial charge in [-0.15, -0.1) is 0 Å². The number of aryl methyl sites for hydroxylation is 2. The van der Waals surface area contributed by atoms with Gasteiger partial charge < -0.3 is 30.0 Å². The molecular formula is C34H48CoN2O6. The van der Waals surface area contributed by atoms with Gasteiger partial charge in [0.2, 0.25) is 0 Å². The molecule has 0 aromatic heterocycles. The van der Waals surface area contributed by atoms with E-state index >= 15 is 0 Å². The molecule has 0 amide bonds. The largest absolute Gasteiger partial charge is 2.00 e. The quantitative estimate of drug-likeness (QED) is 0.465. The molecule has 0 heterocycles. The Kier molecular flexibility index (Phi) is 15.9. The third-order valence-corrected chi connectivity index (χ3v) is 6.86. The Morgan fingerprint density at radius 3 is 1.33 bits per heavy atom. The summed E-state index contributed by atoms with van der Waals surface area (Å²) in [5.74, 6) is -1.54. The molecule has 2 atom stereocenters. The molecule has 0 aliphatic heterocycles. The molecule has 2 N–H and O–H groups in total. The number of carboxylic acids is 2. The first-order valence-electron chi connectivity index (χ1n) is 14.3. The number of phenolic OH excluding ortho intramolecular Hbond substituents is 2. The zero-order chi connectivity index (χ0) is 32.4. The standard InChI is InChI=1S/C30H42N2O2.2C2H4O2.Co/c1-19-12-23(29(3,4)5)14-21(27(19)33)17-31-25-10-9-11-26(16-25)32-18-22-15-24(30(6,7)8)13-20(2)28(22)34;2*1-2(3)4;/h12-15,17-18,25-26,33-34H,9-11,16H2,1-8H3;2*1H3,(H,3,4);/q;;;+2/p-2. The van der Waals surface area contributed by atoms with Crippen molar-refractivity contribution < 1.29 is 46.8 Å². The van der Waals surface area contributed by atoms with Crippen LogP contribution >= 0.6 is 0 Å². The Morgan fingerprint density at radius 2 is 1.05 bits per heavy atom. The fraction of sp³-hybridized carbons (Fsp3) is 0.529. The van der Waals surface area contributed by atoms with Gasteiger partial charge in [0.15, 0.2) is 0 Å². The summed E-state index contributed by atoms with van der Waals surface area (Å²) >= 11 is 0. The zero-order valence-electron chi connectivity index (χ0n) is 27.2. The molecule has 0 bridgehead atoms. The number of hydrogen-bond acceptors (Lipinski definition) is 8. The minimum absolute atomic E-state index is 0. The van der Waals surface area contributed by atoms with Gasteiger partial charge in [0.1, 0.15) is 11.5 Å². The Labute approximate surface area is 267 Å². The van der Waals surface area contributed by atoms with E-state index in [2.05, 4.69) is 65.8 Å². The van der Waals surface area contributed by atoms with Crippen LogP contribution in [-0.2, 0) is 37.2 Å². The number of carbonyl (C=O) groups excluding carboxylic acids is 2. The van der Waals surface area contributed by atoms with Crippen LogP contribution in [0.3, 0.4) is 0 Å². The third-order valence-electron chi connectivity index (χ3n) is 6.86. The average molecular weight is 640 g/mol. The summed E-state index contributed by atoms with van der Waals surface area (Å²) in [5.41, 5.74) is 5.76. The van der Waals surface area contributed by atoms with E-state index in [-0.39, 0.29) is 39.7 Å². The van der Waals surface area contributed by atoms with Gasteiger partial charge in [-0.2, -0.15) is 0 Å². The van der Waals surface area contributed by atoms with Crippen LogP contribution in [0.15, 0.2) is 34.3 Å². The normalized spacial score (nSPS) is 16.9. The SMILES string of the molecule is CC(=O)[O-].CC(=O)[O-].Cc1cc(C(C)(C)C)cc(C=NC2CCCC(N=Cc3cc(C(C)(C)C)cc(C)c3O)C2)c1O.[Co+2]. The average Bonchev–Trinajstić information content (AvgIpc) is 2.84. The molecule has 1 radical (unpaired) electrons. The number of carboxylic acid groups (broad SMARTS) is 2. The third kappa shape index (κ3) is 14.2. The zero-order valence-corrected chi connectivity index (χ0v) is 28.2. The number of hydrogen-bond donors (Lipinski definition) is 2. The predicted molar refractivity (Wildman–Crippen MR) is 166 cm³/mol. The van der Waals surface area contributed by atoms with Crippen LogP contribution in [0.2, 0.25) is 0 Å². The smallest absolute Gasteiger partial charge is 0.550 e. The molecule has 3 rings (SSSR count). The molecule has 2 unspecified atom stereocenters. The van der Waals surface area contributed by atoms with Crippen LogP contribution in [0.25, 0.3) is 0 Å². The van der Waals surface area contributed by atoms with E-state index in [0.29, 0.717) is 11.5 Å². The fourth-order valence-electron chi connectivity index (χ4n) is 4.46. The van der Waals surface area contributed by atoms with E-state index in [1.165, 1.54) is 11.1 Å². The molecule has 1 aliphatic carbocycles. The molecule has 239 valence electrons. The van der Waals surface area contributed by atoms with E-state index in [9.17, 15) is 10.2 Å². The summed E-state index contributed by atoms with van der Waals surface area (Å²) in [5, 5.41) is 38.9. The van der Waals surface area contributed by atoms with Crippen LogP contribution in [0.5, 0.6) is 11.5 Å². The van der Waals surface area contributed by atoms with Gasteiger partial charge in [-0.3, -0.25) is 9.98 Å². The second-order valence-corrected chi connectivity index (χ2v) is 13.0. The number of phenols is 2. The number of rotatable bonds is 4. The van der Waals surface area contributed by atoms with Crippen molar-refractivity contribution in [3.05, 3.63) is 57.6 Å². The monoisotopic (exact) mass is 639 g/mol. The van der Waals surface area contributed by atoms with Crippen molar-refractivity contribution in [2.75, 3.05) is 0 Å². The summed E-state index contributed by atoms with van der Waals surface area (Å²) in [4.78, 5) is 27.5. The molecule has 0 saturated heterocycles. The maximum absolute atomic E-state index is 10.6. The van der Waals surface area contributed by atoms with Crippen molar-refractivity contribution in [1.82, 2.24) is 0 Å². The Balaban J connectivity index is 0.00000174. The van der Waals surface area contributed by atoms with E-state index in [0.717, 1.165) is 61.8 Å². The number of aliphatic carboxylic acids is 2. The summed E-state index contributed by atoms with van der Waals surface area (Å²) in [6, 6.07) is 8.60. The molecular weight excluding hydrogens is 591 g/mol. The summed E-state index contributed by atoms with van der Waals surface area (Å²) in [6.07, 6.45) is 7.71. The predicted octanol–water partition coefficient (Wildman–Crippen LogP) is 4.67. The van der Waals surface area contributed by atoms with Crippen molar-refractivity contribution in [1.29, 1.82) is 0 Å². The van der Waals surface area contributed by atoms with Gasteiger partial charge in [-0.05, 0) is 98.6 Å². The van der Waals surface area contributed by atoms with E-state index < -0.39 is 11.9 Å². The maximum Gasteiger partial charge on any atom is 2.00 e. The molecule has 9 heteroatoms. The van der Waals surface area contributed by atoms with Gasteiger partial charge in [0, 0.05) is 35.5 Å². The molecule has 43 heavy (non-hydrogen) atoms. The molecule has 1 saturated carbocycles. The number of aromatic hydroxyl groups is 2. The van der Waals surface area contributed by atoms with E-state index in [1.54, 1.807) is 0 Å². The Hall–Kier alpha value is -3.17. The van der Waals surface area contributed by atoms with Gasteiger partial charge in [-0.25, -0.2) is 0 Å². The first kappa shape index (κ1) is 39.8. The molecule has 1 fully saturated rings. The summed E-state index contributed by atoms with van der Waals surface area (Å²) < 4.78 is 0. The number of benzene rings is 2. The Bertz CT molecular complexity index is 1180. The number of nitrogens with zero attached hydrogens (tertiary/aromatic N) is 2. The molecule has 2 aromatic rings. The molecule has 0 spiro atoms. The van der Waals surface area contributed by atoms with Gasteiger partial charge in [0.05, 0.1) is 12.1 Å².